The summed E-state index contributed by atoms with van der Waals surface area (Å²) in [5, 5.41) is 8.80. The lowest BCUT2D eigenvalue weighted by molar-refractivity contribution is -0.141. The molecule has 2 rings (SSSR count). The quantitative estimate of drug-likeness (QED) is 0.838. The van der Waals surface area contributed by atoms with E-state index in [0.29, 0.717) is 17.6 Å². The summed E-state index contributed by atoms with van der Waals surface area (Å²) in [6, 6.07) is 3.59. The van der Waals surface area contributed by atoms with Crippen LogP contribution in [0.1, 0.15) is 12.6 Å². The maximum atomic E-state index is 10.7. The van der Waals surface area contributed by atoms with Crippen molar-refractivity contribution in [1.29, 1.82) is 0 Å². The number of aromatic nitrogens is 3. The average molecular weight is 217 g/mol. The Morgan fingerprint density at radius 2 is 2.12 bits per heavy atom. The van der Waals surface area contributed by atoms with Gasteiger partial charge in [0.25, 0.3) is 0 Å². The molecule has 82 valence electrons. The predicted molar refractivity (Wildman–Crippen MR) is 57.8 cm³/mol. The van der Waals surface area contributed by atoms with Gasteiger partial charge in [-0.3, -0.25) is 9.78 Å². The number of carboxylic acid groups (broad SMARTS) is 1. The molecule has 2 aromatic heterocycles. The molecule has 0 aliphatic heterocycles. The number of aliphatic carboxylic acids is 1. The summed E-state index contributed by atoms with van der Waals surface area (Å²) < 4.78 is 0. The Balaban J connectivity index is 2.29. The SMILES string of the molecule is CC(Cc1ccc2nccnc2n1)C(=O)O. The molecule has 0 fully saturated rings. The first-order chi connectivity index (χ1) is 7.66. The van der Waals surface area contributed by atoms with Crippen LogP contribution >= 0.6 is 0 Å². The minimum absolute atomic E-state index is 0.405. The molecule has 5 heteroatoms. The summed E-state index contributed by atoms with van der Waals surface area (Å²) in [5.74, 6) is -1.26. The van der Waals surface area contributed by atoms with E-state index in [2.05, 4.69) is 15.0 Å². The van der Waals surface area contributed by atoms with Gasteiger partial charge in [0.1, 0.15) is 5.52 Å². The van der Waals surface area contributed by atoms with Gasteiger partial charge in [0.05, 0.1) is 5.92 Å². The standard InChI is InChI=1S/C11H11N3O2/c1-7(11(15)16)6-8-2-3-9-10(14-8)13-5-4-12-9/h2-5,7H,6H2,1H3,(H,15,16). The Morgan fingerprint density at radius 3 is 2.88 bits per heavy atom. The second-order valence-corrected chi connectivity index (χ2v) is 3.65. The highest BCUT2D eigenvalue weighted by atomic mass is 16.4. The first-order valence-corrected chi connectivity index (χ1v) is 4.96. The summed E-state index contributed by atoms with van der Waals surface area (Å²) in [6.07, 6.45) is 3.57. The Kier molecular flexibility index (Phi) is 2.76. The molecule has 2 aromatic rings. The van der Waals surface area contributed by atoms with Gasteiger partial charge in [0, 0.05) is 24.5 Å². The van der Waals surface area contributed by atoms with E-state index in [-0.39, 0.29) is 0 Å². The molecule has 0 saturated carbocycles. The van der Waals surface area contributed by atoms with Crippen molar-refractivity contribution in [1.82, 2.24) is 15.0 Å². The first kappa shape index (κ1) is 10.5. The van der Waals surface area contributed by atoms with Crippen LogP contribution in [-0.4, -0.2) is 26.0 Å². The van der Waals surface area contributed by atoms with Crippen molar-refractivity contribution in [2.75, 3.05) is 0 Å². The number of rotatable bonds is 3. The van der Waals surface area contributed by atoms with Gasteiger partial charge < -0.3 is 5.11 Å². The Morgan fingerprint density at radius 1 is 1.38 bits per heavy atom. The van der Waals surface area contributed by atoms with E-state index in [9.17, 15) is 4.79 Å². The molecule has 1 unspecified atom stereocenters. The Hall–Kier alpha value is -2.04. The van der Waals surface area contributed by atoms with Crippen molar-refractivity contribution in [2.24, 2.45) is 5.92 Å². The highest BCUT2D eigenvalue weighted by molar-refractivity contribution is 5.71. The molecule has 0 aromatic carbocycles. The van der Waals surface area contributed by atoms with Crippen molar-refractivity contribution >= 4 is 17.1 Å². The highest BCUT2D eigenvalue weighted by Gasteiger charge is 2.12. The Bertz CT molecular complexity index is 527. The van der Waals surface area contributed by atoms with Crippen LogP contribution in [0.2, 0.25) is 0 Å². The first-order valence-electron chi connectivity index (χ1n) is 4.96. The van der Waals surface area contributed by atoms with E-state index < -0.39 is 11.9 Å². The molecule has 16 heavy (non-hydrogen) atoms. The molecule has 0 bridgehead atoms. The molecule has 1 N–H and O–H groups in total. The molecule has 0 aliphatic rings. The third-order valence-corrected chi connectivity index (χ3v) is 2.33. The summed E-state index contributed by atoms with van der Waals surface area (Å²) in [7, 11) is 0. The van der Waals surface area contributed by atoms with Gasteiger partial charge in [0.15, 0.2) is 5.65 Å². The lowest BCUT2D eigenvalue weighted by atomic mass is 10.1. The molecule has 0 spiro atoms. The van der Waals surface area contributed by atoms with Gasteiger partial charge in [-0.05, 0) is 12.1 Å². The number of hydrogen-bond acceptors (Lipinski definition) is 4. The van der Waals surface area contributed by atoms with E-state index in [1.807, 2.05) is 0 Å². The van der Waals surface area contributed by atoms with E-state index in [4.69, 9.17) is 5.11 Å². The van der Waals surface area contributed by atoms with E-state index >= 15 is 0 Å². The van der Waals surface area contributed by atoms with Crippen LogP contribution in [0.15, 0.2) is 24.5 Å². The second-order valence-electron chi connectivity index (χ2n) is 3.65. The van der Waals surface area contributed by atoms with Crippen LogP contribution < -0.4 is 0 Å². The average Bonchev–Trinajstić information content (AvgIpc) is 2.28. The number of hydrogen-bond donors (Lipinski definition) is 1. The molecular weight excluding hydrogens is 206 g/mol. The summed E-state index contributed by atoms with van der Waals surface area (Å²) in [4.78, 5) is 23.1. The molecule has 0 saturated heterocycles. The molecule has 5 nitrogen and oxygen atoms in total. The van der Waals surface area contributed by atoms with Crippen molar-refractivity contribution in [3.8, 4) is 0 Å². The van der Waals surface area contributed by atoms with E-state index in [0.717, 1.165) is 5.69 Å². The number of carboxylic acids is 1. The Labute approximate surface area is 92.2 Å². The fourth-order valence-corrected chi connectivity index (χ4v) is 1.41. The van der Waals surface area contributed by atoms with Gasteiger partial charge in [0.2, 0.25) is 0 Å². The molecule has 0 radical (unpaired) electrons. The number of fused-ring (bicyclic) bond motifs is 1. The van der Waals surface area contributed by atoms with Crippen LogP contribution in [0, 0.1) is 5.92 Å². The van der Waals surface area contributed by atoms with Crippen molar-refractivity contribution in [3.63, 3.8) is 0 Å². The maximum absolute atomic E-state index is 10.7. The van der Waals surface area contributed by atoms with E-state index in [1.165, 1.54) is 0 Å². The van der Waals surface area contributed by atoms with Crippen LogP contribution in [0.5, 0.6) is 0 Å². The number of pyridine rings is 1. The van der Waals surface area contributed by atoms with Gasteiger partial charge in [-0.15, -0.1) is 0 Å². The van der Waals surface area contributed by atoms with Gasteiger partial charge in [-0.2, -0.15) is 0 Å². The van der Waals surface area contributed by atoms with Crippen LogP contribution in [0.25, 0.3) is 11.2 Å². The third kappa shape index (κ3) is 2.13. The topological polar surface area (TPSA) is 76.0 Å². The molecule has 2 heterocycles. The summed E-state index contributed by atoms with van der Waals surface area (Å²) >= 11 is 0. The maximum Gasteiger partial charge on any atom is 0.306 e. The minimum Gasteiger partial charge on any atom is -0.481 e. The molecular formula is C11H11N3O2. The largest absolute Gasteiger partial charge is 0.481 e. The fourth-order valence-electron chi connectivity index (χ4n) is 1.41. The van der Waals surface area contributed by atoms with Crippen molar-refractivity contribution in [3.05, 3.63) is 30.2 Å². The fraction of sp³-hybridized carbons (Fsp3) is 0.273. The van der Waals surface area contributed by atoms with Crippen LogP contribution in [-0.2, 0) is 11.2 Å². The van der Waals surface area contributed by atoms with Crippen LogP contribution in [0.4, 0.5) is 0 Å². The lowest BCUT2D eigenvalue weighted by Gasteiger charge is -2.05. The van der Waals surface area contributed by atoms with Crippen LogP contribution in [0.3, 0.4) is 0 Å². The van der Waals surface area contributed by atoms with Gasteiger partial charge >= 0.3 is 5.97 Å². The highest BCUT2D eigenvalue weighted by Crippen LogP contribution is 2.10. The van der Waals surface area contributed by atoms with E-state index in [1.54, 1.807) is 31.5 Å². The molecule has 0 aliphatic carbocycles. The zero-order chi connectivity index (χ0) is 11.5. The summed E-state index contributed by atoms with van der Waals surface area (Å²) in [5.41, 5.74) is 2.00. The predicted octanol–water partition coefficient (Wildman–Crippen LogP) is 1.29. The van der Waals surface area contributed by atoms with Gasteiger partial charge in [-0.1, -0.05) is 6.92 Å². The van der Waals surface area contributed by atoms with Crippen molar-refractivity contribution < 1.29 is 9.90 Å². The van der Waals surface area contributed by atoms with Crippen molar-refractivity contribution in [2.45, 2.75) is 13.3 Å². The normalized spacial score (nSPS) is 12.6. The number of nitrogens with zero attached hydrogens (tertiary/aromatic N) is 3. The minimum atomic E-state index is -0.818. The zero-order valence-corrected chi connectivity index (χ0v) is 8.79. The van der Waals surface area contributed by atoms with Gasteiger partial charge in [-0.25, -0.2) is 9.97 Å². The third-order valence-electron chi connectivity index (χ3n) is 2.33. The second kappa shape index (κ2) is 4.22. The summed E-state index contributed by atoms with van der Waals surface area (Å²) in [6.45, 7) is 1.66. The lowest BCUT2D eigenvalue weighted by Crippen LogP contribution is -2.13. The smallest absolute Gasteiger partial charge is 0.306 e. The number of carbonyl (C=O) groups is 1. The molecule has 0 amide bonds. The monoisotopic (exact) mass is 217 g/mol. The molecule has 1 atom stereocenters. The zero-order valence-electron chi connectivity index (χ0n) is 8.79.